The van der Waals surface area contributed by atoms with Gasteiger partial charge >= 0.3 is 5.69 Å². The van der Waals surface area contributed by atoms with Crippen LogP contribution in [0.5, 0.6) is 5.75 Å². The maximum atomic E-state index is 12.5. The van der Waals surface area contributed by atoms with E-state index in [-0.39, 0.29) is 16.9 Å². The van der Waals surface area contributed by atoms with Gasteiger partial charge in [-0.3, -0.25) is 18.9 Å². The lowest BCUT2D eigenvalue weighted by atomic mass is 10.1. The minimum Gasteiger partial charge on any atom is -0.508 e. The van der Waals surface area contributed by atoms with Gasteiger partial charge in [-0.1, -0.05) is 29.8 Å². The fraction of sp³-hybridized carbons (Fsp3) is 0.143. The highest BCUT2D eigenvalue weighted by Crippen LogP contribution is 2.18. The van der Waals surface area contributed by atoms with E-state index >= 15 is 0 Å². The third-order valence-electron chi connectivity index (χ3n) is 4.74. The minimum absolute atomic E-state index is 0.167. The SMILES string of the molecule is Cc1ccc(Cn2c(N/N=C\c3ccc(O)cc3)nc3c2c(=O)[nH]c(=O)n3C)cc1. The molecule has 4 rings (SSSR count). The van der Waals surface area contributed by atoms with Crippen molar-refractivity contribution < 1.29 is 5.11 Å². The number of aromatic hydroxyl groups is 1. The smallest absolute Gasteiger partial charge is 0.329 e. The average molecular weight is 404 g/mol. The van der Waals surface area contributed by atoms with Crippen molar-refractivity contribution in [1.29, 1.82) is 0 Å². The number of hydrogen-bond acceptors (Lipinski definition) is 6. The number of imidazole rings is 1. The lowest BCUT2D eigenvalue weighted by Crippen LogP contribution is -2.29. The van der Waals surface area contributed by atoms with Gasteiger partial charge in [0.25, 0.3) is 5.56 Å². The number of phenolic OH excluding ortho intramolecular Hbond substituents is 1. The average Bonchev–Trinajstić information content (AvgIpc) is 3.08. The first kappa shape index (κ1) is 19.2. The number of fused-ring (bicyclic) bond motifs is 1. The topological polar surface area (TPSA) is 117 Å². The van der Waals surface area contributed by atoms with E-state index in [9.17, 15) is 14.7 Å². The Kier molecular flexibility index (Phi) is 4.93. The molecule has 0 radical (unpaired) electrons. The van der Waals surface area contributed by atoms with Crippen molar-refractivity contribution in [3.8, 4) is 5.75 Å². The summed E-state index contributed by atoms with van der Waals surface area (Å²) in [5.41, 5.74) is 5.23. The molecule has 0 saturated heterocycles. The second-order valence-corrected chi connectivity index (χ2v) is 6.96. The van der Waals surface area contributed by atoms with Crippen molar-refractivity contribution in [1.82, 2.24) is 19.1 Å². The molecule has 0 fully saturated rings. The van der Waals surface area contributed by atoms with Crippen molar-refractivity contribution >= 4 is 23.3 Å². The number of aromatic nitrogens is 4. The van der Waals surface area contributed by atoms with Gasteiger partial charge in [0.15, 0.2) is 11.2 Å². The van der Waals surface area contributed by atoms with Crippen LogP contribution in [0.1, 0.15) is 16.7 Å². The van der Waals surface area contributed by atoms with Crippen LogP contribution in [-0.2, 0) is 13.6 Å². The van der Waals surface area contributed by atoms with E-state index in [2.05, 4.69) is 20.5 Å². The van der Waals surface area contributed by atoms with E-state index in [1.807, 2.05) is 31.2 Å². The fourth-order valence-electron chi connectivity index (χ4n) is 3.07. The molecule has 0 atom stereocenters. The molecule has 0 bridgehead atoms. The molecule has 4 aromatic rings. The van der Waals surface area contributed by atoms with Crippen LogP contribution >= 0.6 is 0 Å². The molecular formula is C21H20N6O3. The predicted molar refractivity (Wildman–Crippen MR) is 115 cm³/mol. The zero-order valence-corrected chi connectivity index (χ0v) is 16.5. The highest BCUT2D eigenvalue weighted by Gasteiger charge is 2.17. The number of anilines is 1. The van der Waals surface area contributed by atoms with Gasteiger partial charge in [-0.25, -0.2) is 10.2 Å². The molecule has 2 heterocycles. The highest BCUT2D eigenvalue weighted by atomic mass is 16.3. The van der Waals surface area contributed by atoms with Gasteiger partial charge in [0.1, 0.15) is 5.75 Å². The van der Waals surface area contributed by atoms with Crippen molar-refractivity contribution in [3.63, 3.8) is 0 Å². The van der Waals surface area contributed by atoms with Gasteiger partial charge in [-0.05, 0) is 42.3 Å². The summed E-state index contributed by atoms with van der Waals surface area (Å²) in [5.74, 6) is 0.493. The van der Waals surface area contributed by atoms with Crippen molar-refractivity contribution in [2.24, 2.45) is 12.1 Å². The van der Waals surface area contributed by atoms with Crippen molar-refractivity contribution in [2.45, 2.75) is 13.5 Å². The quantitative estimate of drug-likeness (QED) is 0.347. The van der Waals surface area contributed by atoms with Crippen LogP contribution in [-0.4, -0.2) is 30.4 Å². The Morgan fingerprint density at radius 2 is 1.83 bits per heavy atom. The number of nitrogens with one attached hydrogen (secondary N) is 2. The number of nitrogens with zero attached hydrogens (tertiary/aromatic N) is 4. The van der Waals surface area contributed by atoms with Gasteiger partial charge < -0.3 is 5.11 Å². The number of benzene rings is 2. The summed E-state index contributed by atoms with van der Waals surface area (Å²) in [6, 6.07) is 14.5. The van der Waals surface area contributed by atoms with Gasteiger partial charge in [-0.2, -0.15) is 10.1 Å². The fourth-order valence-corrected chi connectivity index (χ4v) is 3.07. The molecule has 0 saturated carbocycles. The highest BCUT2D eigenvalue weighted by molar-refractivity contribution is 5.80. The second-order valence-electron chi connectivity index (χ2n) is 6.96. The lowest BCUT2D eigenvalue weighted by molar-refractivity contribution is 0.475. The van der Waals surface area contributed by atoms with Crippen molar-refractivity contribution in [3.05, 3.63) is 86.1 Å². The zero-order chi connectivity index (χ0) is 21.3. The Hall–Kier alpha value is -4.14. The molecule has 0 unspecified atom stereocenters. The second kappa shape index (κ2) is 7.70. The van der Waals surface area contributed by atoms with E-state index in [1.165, 1.54) is 4.57 Å². The number of rotatable bonds is 5. The molecular weight excluding hydrogens is 384 g/mol. The summed E-state index contributed by atoms with van der Waals surface area (Å²) in [7, 11) is 1.55. The van der Waals surface area contributed by atoms with Gasteiger partial charge in [-0.15, -0.1) is 0 Å². The van der Waals surface area contributed by atoms with Crippen LogP contribution in [0.3, 0.4) is 0 Å². The number of H-pyrrole nitrogens is 1. The van der Waals surface area contributed by atoms with Crippen LogP contribution in [0.4, 0.5) is 5.95 Å². The maximum absolute atomic E-state index is 12.5. The zero-order valence-electron chi connectivity index (χ0n) is 16.5. The van der Waals surface area contributed by atoms with E-state index in [0.717, 1.165) is 16.7 Å². The van der Waals surface area contributed by atoms with Crippen LogP contribution in [0.2, 0.25) is 0 Å². The Labute approximate surface area is 171 Å². The number of phenols is 1. The normalized spacial score (nSPS) is 11.4. The summed E-state index contributed by atoms with van der Waals surface area (Å²) >= 11 is 0. The Bertz CT molecular complexity index is 1350. The predicted octanol–water partition coefficient (Wildman–Crippen LogP) is 1.93. The lowest BCUT2D eigenvalue weighted by Gasteiger charge is -2.08. The summed E-state index contributed by atoms with van der Waals surface area (Å²) in [4.78, 5) is 31.3. The molecule has 2 aromatic heterocycles. The molecule has 9 heteroatoms. The molecule has 9 nitrogen and oxygen atoms in total. The summed E-state index contributed by atoms with van der Waals surface area (Å²) in [6.07, 6.45) is 1.57. The van der Waals surface area contributed by atoms with Gasteiger partial charge in [0.2, 0.25) is 5.95 Å². The Morgan fingerprint density at radius 1 is 1.13 bits per heavy atom. The summed E-state index contributed by atoms with van der Waals surface area (Å²) in [6.45, 7) is 2.37. The molecule has 0 amide bonds. The molecule has 0 aliphatic carbocycles. The van der Waals surface area contributed by atoms with Gasteiger partial charge in [0, 0.05) is 7.05 Å². The molecule has 2 aromatic carbocycles. The Balaban J connectivity index is 1.77. The largest absolute Gasteiger partial charge is 0.508 e. The maximum Gasteiger partial charge on any atom is 0.329 e. The van der Waals surface area contributed by atoms with E-state index in [1.54, 1.807) is 42.1 Å². The van der Waals surface area contributed by atoms with Crippen LogP contribution < -0.4 is 16.7 Å². The molecule has 0 spiro atoms. The summed E-state index contributed by atoms with van der Waals surface area (Å²) in [5, 5.41) is 13.6. The third-order valence-corrected chi connectivity index (χ3v) is 4.74. The number of hydrazone groups is 1. The first-order valence-electron chi connectivity index (χ1n) is 9.25. The van der Waals surface area contributed by atoms with E-state index < -0.39 is 11.2 Å². The first-order chi connectivity index (χ1) is 14.4. The monoisotopic (exact) mass is 404 g/mol. The van der Waals surface area contributed by atoms with Crippen LogP contribution in [0, 0.1) is 6.92 Å². The van der Waals surface area contributed by atoms with E-state index in [0.29, 0.717) is 12.5 Å². The summed E-state index contributed by atoms with van der Waals surface area (Å²) < 4.78 is 2.98. The van der Waals surface area contributed by atoms with Crippen molar-refractivity contribution in [2.75, 3.05) is 5.43 Å². The first-order valence-corrected chi connectivity index (χ1v) is 9.25. The number of aryl methyl sites for hydroxylation is 2. The van der Waals surface area contributed by atoms with E-state index in [4.69, 9.17) is 0 Å². The number of hydrogen-bond donors (Lipinski definition) is 3. The third kappa shape index (κ3) is 3.72. The standard InChI is InChI=1S/C21H20N6O3/c1-13-3-5-15(6-4-13)12-27-17-18(26(2)21(30)24-19(17)29)23-20(27)25-22-11-14-7-9-16(28)10-8-14/h3-11,28H,12H2,1-2H3,(H,23,25)(H,24,29,30)/b22-11-. The molecule has 3 N–H and O–H groups in total. The number of aromatic amines is 1. The van der Waals surface area contributed by atoms with Crippen LogP contribution in [0.15, 0.2) is 63.2 Å². The minimum atomic E-state index is -0.536. The Morgan fingerprint density at radius 3 is 2.53 bits per heavy atom. The van der Waals surface area contributed by atoms with Gasteiger partial charge in [0.05, 0.1) is 12.8 Å². The molecule has 152 valence electrons. The molecule has 0 aliphatic heterocycles. The molecule has 30 heavy (non-hydrogen) atoms. The molecule has 0 aliphatic rings. The van der Waals surface area contributed by atoms with Crippen LogP contribution in [0.25, 0.3) is 11.2 Å².